The van der Waals surface area contributed by atoms with E-state index in [9.17, 15) is 4.79 Å². The highest BCUT2D eigenvalue weighted by atomic mass is 16.4. The van der Waals surface area contributed by atoms with E-state index in [2.05, 4.69) is 0 Å². The quantitative estimate of drug-likeness (QED) is 0.774. The molecule has 0 aliphatic heterocycles. The lowest BCUT2D eigenvalue weighted by atomic mass is 10.0. The number of carbonyl (C=O) groups is 1. The molecule has 14 heavy (non-hydrogen) atoms. The standard InChI is InChI=1S/C12H12O2/c13-12(14)11-8-4-7-10(11)9-5-2-1-3-6-9/h1-3,5-6H,4,7-8H2,(H,13,14). The summed E-state index contributed by atoms with van der Waals surface area (Å²) in [5.41, 5.74) is 2.66. The summed E-state index contributed by atoms with van der Waals surface area (Å²) in [5.74, 6) is -0.763. The van der Waals surface area contributed by atoms with Crippen LogP contribution in [0.5, 0.6) is 0 Å². The first kappa shape index (κ1) is 9.00. The van der Waals surface area contributed by atoms with Gasteiger partial charge in [-0.15, -0.1) is 0 Å². The molecule has 0 spiro atoms. The van der Waals surface area contributed by atoms with E-state index < -0.39 is 5.97 Å². The Morgan fingerprint density at radius 2 is 1.86 bits per heavy atom. The maximum atomic E-state index is 10.9. The molecule has 2 heteroatoms. The second-order valence-electron chi connectivity index (χ2n) is 3.48. The first-order valence-corrected chi connectivity index (χ1v) is 4.80. The average Bonchev–Trinajstić information content (AvgIpc) is 2.67. The van der Waals surface area contributed by atoms with Crippen LogP contribution in [0, 0.1) is 0 Å². The third kappa shape index (κ3) is 1.55. The van der Waals surface area contributed by atoms with Crippen LogP contribution in [0.15, 0.2) is 35.9 Å². The van der Waals surface area contributed by atoms with Gasteiger partial charge in [-0.2, -0.15) is 0 Å². The summed E-state index contributed by atoms with van der Waals surface area (Å²) in [6.45, 7) is 0. The molecule has 2 nitrogen and oxygen atoms in total. The third-order valence-corrected chi connectivity index (χ3v) is 2.60. The number of benzene rings is 1. The summed E-state index contributed by atoms with van der Waals surface area (Å²) >= 11 is 0. The van der Waals surface area contributed by atoms with E-state index in [0.717, 1.165) is 24.0 Å². The predicted octanol–water partition coefficient (Wildman–Crippen LogP) is 2.71. The van der Waals surface area contributed by atoms with Gasteiger partial charge in [-0.1, -0.05) is 30.3 Å². The number of hydrogen-bond donors (Lipinski definition) is 1. The third-order valence-electron chi connectivity index (χ3n) is 2.60. The molecule has 0 heterocycles. The van der Waals surface area contributed by atoms with Crippen molar-refractivity contribution in [2.45, 2.75) is 19.3 Å². The van der Waals surface area contributed by atoms with E-state index in [0.29, 0.717) is 12.0 Å². The fourth-order valence-corrected chi connectivity index (χ4v) is 1.94. The van der Waals surface area contributed by atoms with E-state index >= 15 is 0 Å². The minimum Gasteiger partial charge on any atom is -0.478 e. The molecule has 0 saturated carbocycles. The lowest BCUT2D eigenvalue weighted by Crippen LogP contribution is -1.99. The fourth-order valence-electron chi connectivity index (χ4n) is 1.94. The summed E-state index contributed by atoms with van der Waals surface area (Å²) in [4.78, 5) is 10.9. The predicted molar refractivity (Wildman–Crippen MR) is 54.8 cm³/mol. The van der Waals surface area contributed by atoms with Crippen LogP contribution in [0.25, 0.3) is 5.57 Å². The van der Waals surface area contributed by atoms with E-state index in [1.54, 1.807) is 0 Å². The van der Waals surface area contributed by atoms with Gasteiger partial charge in [0.1, 0.15) is 0 Å². The van der Waals surface area contributed by atoms with Gasteiger partial charge in [-0.25, -0.2) is 4.79 Å². The first-order valence-electron chi connectivity index (χ1n) is 4.80. The Bertz CT molecular complexity index is 377. The lowest BCUT2D eigenvalue weighted by molar-refractivity contribution is -0.132. The highest BCUT2D eigenvalue weighted by Gasteiger charge is 2.20. The molecule has 0 saturated heterocycles. The van der Waals surface area contributed by atoms with Crippen LogP contribution in [0.2, 0.25) is 0 Å². The Morgan fingerprint density at radius 3 is 2.50 bits per heavy atom. The normalized spacial score (nSPS) is 16.0. The molecule has 0 bridgehead atoms. The smallest absolute Gasteiger partial charge is 0.331 e. The molecule has 1 aromatic carbocycles. The maximum Gasteiger partial charge on any atom is 0.331 e. The molecule has 0 atom stereocenters. The lowest BCUT2D eigenvalue weighted by Gasteiger charge is -2.03. The van der Waals surface area contributed by atoms with Crippen molar-refractivity contribution >= 4 is 11.5 Å². The number of carboxylic acids is 1. The Hall–Kier alpha value is -1.57. The largest absolute Gasteiger partial charge is 0.478 e. The maximum absolute atomic E-state index is 10.9. The monoisotopic (exact) mass is 188 g/mol. The van der Waals surface area contributed by atoms with Gasteiger partial charge >= 0.3 is 5.97 Å². The van der Waals surface area contributed by atoms with Gasteiger partial charge in [0, 0.05) is 5.57 Å². The molecular formula is C12H12O2. The van der Waals surface area contributed by atoms with Crippen molar-refractivity contribution in [3.05, 3.63) is 41.5 Å². The van der Waals surface area contributed by atoms with Crippen LogP contribution in [-0.4, -0.2) is 11.1 Å². The Morgan fingerprint density at radius 1 is 1.14 bits per heavy atom. The summed E-state index contributed by atoms with van der Waals surface area (Å²) < 4.78 is 0. The minimum absolute atomic E-state index is 0.594. The minimum atomic E-state index is -0.763. The van der Waals surface area contributed by atoms with Crippen molar-refractivity contribution in [2.75, 3.05) is 0 Å². The number of rotatable bonds is 2. The van der Waals surface area contributed by atoms with Crippen molar-refractivity contribution in [3.8, 4) is 0 Å². The summed E-state index contributed by atoms with van der Waals surface area (Å²) in [6, 6.07) is 9.78. The van der Waals surface area contributed by atoms with Crippen LogP contribution >= 0.6 is 0 Å². The molecular weight excluding hydrogens is 176 g/mol. The van der Waals surface area contributed by atoms with E-state index in [4.69, 9.17) is 5.11 Å². The van der Waals surface area contributed by atoms with Gasteiger partial charge in [0.15, 0.2) is 0 Å². The molecule has 1 aliphatic rings. The van der Waals surface area contributed by atoms with Gasteiger partial charge in [0.05, 0.1) is 0 Å². The van der Waals surface area contributed by atoms with Crippen molar-refractivity contribution < 1.29 is 9.90 Å². The Labute approximate surface area is 82.9 Å². The molecule has 1 aromatic rings. The number of hydrogen-bond acceptors (Lipinski definition) is 1. The zero-order valence-corrected chi connectivity index (χ0v) is 7.86. The van der Waals surface area contributed by atoms with Crippen molar-refractivity contribution in [2.24, 2.45) is 0 Å². The van der Waals surface area contributed by atoms with Gasteiger partial charge < -0.3 is 5.11 Å². The fraction of sp³-hybridized carbons (Fsp3) is 0.250. The molecule has 2 rings (SSSR count). The van der Waals surface area contributed by atoms with E-state index in [1.807, 2.05) is 30.3 Å². The van der Waals surface area contributed by atoms with Crippen LogP contribution in [-0.2, 0) is 4.79 Å². The molecule has 0 aromatic heterocycles. The van der Waals surface area contributed by atoms with Crippen LogP contribution in [0.1, 0.15) is 24.8 Å². The summed E-state index contributed by atoms with van der Waals surface area (Å²) in [5, 5.41) is 8.99. The zero-order chi connectivity index (χ0) is 9.97. The average molecular weight is 188 g/mol. The highest BCUT2D eigenvalue weighted by Crippen LogP contribution is 2.33. The van der Waals surface area contributed by atoms with Gasteiger partial charge in [-0.05, 0) is 30.4 Å². The highest BCUT2D eigenvalue weighted by molar-refractivity contribution is 5.97. The Kier molecular flexibility index (Phi) is 2.35. The molecule has 72 valence electrons. The van der Waals surface area contributed by atoms with Crippen LogP contribution in [0.3, 0.4) is 0 Å². The topological polar surface area (TPSA) is 37.3 Å². The Balaban J connectivity index is 2.43. The van der Waals surface area contributed by atoms with Gasteiger partial charge in [0.2, 0.25) is 0 Å². The number of carboxylic acid groups (broad SMARTS) is 1. The van der Waals surface area contributed by atoms with Crippen LogP contribution < -0.4 is 0 Å². The molecule has 1 N–H and O–H groups in total. The van der Waals surface area contributed by atoms with Gasteiger partial charge in [0.25, 0.3) is 0 Å². The molecule has 0 fully saturated rings. The van der Waals surface area contributed by atoms with Crippen molar-refractivity contribution in [3.63, 3.8) is 0 Å². The van der Waals surface area contributed by atoms with Crippen molar-refractivity contribution in [1.29, 1.82) is 0 Å². The molecule has 0 unspecified atom stereocenters. The van der Waals surface area contributed by atoms with Crippen molar-refractivity contribution in [1.82, 2.24) is 0 Å². The number of aliphatic carboxylic acids is 1. The molecule has 0 radical (unpaired) electrons. The van der Waals surface area contributed by atoms with E-state index in [-0.39, 0.29) is 0 Å². The zero-order valence-electron chi connectivity index (χ0n) is 7.86. The summed E-state index contributed by atoms with van der Waals surface area (Å²) in [7, 11) is 0. The summed E-state index contributed by atoms with van der Waals surface area (Å²) in [6.07, 6.45) is 2.57. The van der Waals surface area contributed by atoms with Gasteiger partial charge in [-0.3, -0.25) is 0 Å². The SMILES string of the molecule is O=C(O)C1=C(c2ccccc2)CCC1. The first-order chi connectivity index (χ1) is 6.79. The second kappa shape index (κ2) is 3.66. The molecule has 1 aliphatic carbocycles. The molecule has 0 amide bonds. The number of allylic oxidation sites excluding steroid dienone is 1. The van der Waals surface area contributed by atoms with Crippen LogP contribution in [0.4, 0.5) is 0 Å². The van der Waals surface area contributed by atoms with E-state index in [1.165, 1.54) is 0 Å². The second-order valence-corrected chi connectivity index (χ2v) is 3.48.